The van der Waals surface area contributed by atoms with Gasteiger partial charge in [-0.3, -0.25) is 0 Å². The molecule has 1 unspecified atom stereocenters. The van der Waals surface area contributed by atoms with Gasteiger partial charge in [0, 0.05) is 9.64 Å². The minimum atomic E-state index is -0.981. The van der Waals surface area contributed by atoms with Gasteiger partial charge in [0.05, 0.1) is 5.69 Å². The molecule has 4 heteroatoms. The Bertz CT molecular complexity index is 265. The lowest BCUT2D eigenvalue weighted by Crippen LogP contribution is -2.02. The van der Waals surface area contributed by atoms with E-state index in [1.807, 2.05) is 12.1 Å². The summed E-state index contributed by atoms with van der Waals surface area (Å²) in [5.74, 6) is 0. The zero-order valence-corrected chi connectivity index (χ0v) is 8.98. The molecule has 0 aliphatic rings. The molecule has 1 atom stereocenters. The Morgan fingerprint density at radius 1 is 1.55 bits per heavy atom. The van der Waals surface area contributed by atoms with Crippen molar-refractivity contribution in [1.29, 1.82) is 0 Å². The zero-order chi connectivity index (χ0) is 8.43. The van der Waals surface area contributed by atoms with Gasteiger partial charge in [0.15, 0.2) is 4.90 Å². The van der Waals surface area contributed by atoms with Crippen LogP contribution >= 0.6 is 22.6 Å². The molecule has 2 N–H and O–H groups in total. The number of benzene rings is 1. The van der Waals surface area contributed by atoms with E-state index in [0.717, 1.165) is 8.47 Å². The van der Waals surface area contributed by atoms with Crippen molar-refractivity contribution in [3.05, 3.63) is 21.8 Å². The first kappa shape index (κ1) is 9.15. The van der Waals surface area contributed by atoms with Gasteiger partial charge in [0.25, 0.3) is 0 Å². The first-order valence-corrected chi connectivity index (χ1v) is 5.63. The van der Waals surface area contributed by atoms with E-state index in [1.54, 1.807) is 12.3 Å². The number of hydrogen-bond acceptors (Lipinski definition) is 2. The highest BCUT2D eigenvalue weighted by atomic mass is 127. The number of rotatable bonds is 1. The second kappa shape index (κ2) is 3.64. The van der Waals surface area contributed by atoms with Crippen LogP contribution in [0.2, 0.25) is 0 Å². The fraction of sp³-hybridized carbons (Fsp3) is 0.143. The summed E-state index contributed by atoms with van der Waals surface area (Å²) < 4.78 is 12.1. The molecule has 0 radical (unpaired) electrons. The van der Waals surface area contributed by atoms with Crippen LogP contribution in [0.1, 0.15) is 0 Å². The van der Waals surface area contributed by atoms with Crippen LogP contribution in [0.15, 0.2) is 23.1 Å². The summed E-state index contributed by atoms with van der Waals surface area (Å²) in [6.07, 6.45) is 1.63. The van der Waals surface area contributed by atoms with E-state index in [1.165, 1.54) is 0 Å². The summed E-state index contributed by atoms with van der Waals surface area (Å²) in [4.78, 5) is 0.719. The maximum absolute atomic E-state index is 11.0. The van der Waals surface area contributed by atoms with Crippen molar-refractivity contribution < 1.29 is 4.55 Å². The van der Waals surface area contributed by atoms with Gasteiger partial charge in [-0.2, -0.15) is 0 Å². The van der Waals surface area contributed by atoms with Crippen LogP contribution in [-0.4, -0.2) is 10.8 Å². The lowest BCUT2D eigenvalue weighted by atomic mass is 10.3. The van der Waals surface area contributed by atoms with E-state index in [2.05, 4.69) is 22.6 Å². The van der Waals surface area contributed by atoms with Crippen LogP contribution in [0.3, 0.4) is 0 Å². The van der Waals surface area contributed by atoms with E-state index >= 15 is 0 Å². The van der Waals surface area contributed by atoms with E-state index in [9.17, 15) is 4.55 Å². The van der Waals surface area contributed by atoms with Gasteiger partial charge in [0.1, 0.15) is 6.26 Å². The van der Waals surface area contributed by atoms with Crippen LogP contribution in [0.5, 0.6) is 0 Å². The second-order valence-electron chi connectivity index (χ2n) is 2.14. The van der Waals surface area contributed by atoms with E-state index < -0.39 is 11.2 Å². The predicted molar refractivity (Wildman–Crippen MR) is 55.9 cm³/mol. The minimum absolute atomic E-state index is 0.603. The SMILES string of the molecule is C[S+]([O-])c1cc(I)ccc1N. The topological polar surface area (TPSA) is 49.1 Å². The molecule has 0 heterocycles. The Morgan fingerprint density at radius 3 is 2.64 bits per heavy atom. The van der Waals surface area contributed by atoms with E-state index in [-0.39, 0.29) is 0 Å². The molecule has 0 fully saturated rings. The molecule has 0 aliphatic carbocycles. The summed E-state index contributed by atoms with van der Waals surface area (Å²) in [7, 11) is 0. The summed E-state index contributed by atoms with van der Waals surface area (Å²) >= 11 is 1.18. The molecule has 60 valence electrons. The van der Waals surface area contributed by atoms with Crippen molar-refractivity contribution in [3.63, 3.8) is 0 Å². The van der Waals surface area contributed by atoms with Crippen LogP contribution in [-0.2, 0) is 11.2 Å². The average Bonchev–Trinajstić information content (AvgIpc) is 1.94. The summed E-state index contributed by atoms with van der Waals surface area (Å²) in [6.45, 7) is 0. The van der Waals surface area contributed by atoms with Crippen molar-refractivity contribution in [2.24, 2.45) is 0 Å². The van der Waals surface area contributed by atoms with Gasteiger partial charge in [-0.1, -0.05) is 0 Å². The smallest absolute Gasteiger partial charge is 0.176 e. The number of nitrogen functional groups attached to an aromatic ring is 1. The molecular formula is C7H8INOS. The number of halogens is 1. The van der Waals surface area contributed by atoms with Gasteiger partial charge < -0.3 is 10.3 Å². The van der Waals surface area contributed by atoms with Crippen molar-refractivity contribution in [1.82, 2.24) is 0 Å². The van der Waals surface area contributed by atoms with Crippen molar-refractivity contribution in [3.8, 4) is 0 Å². The third-order valence-corrected chi connectivity index (χ3v) is 2.93. The summed E-state index contributed by atoms with van der Waals surface area (Å²) in [5.41, 5.74) is 6.20. The normalized spacial score (nSPS) is 13.0. The number of anilines is 1. The van der Waals surface area contributed by atoms with Crippen molar-refractivity contribution in [2.75, 3.05) is 12.0 Å². The quantitative estimate of drug-likeness (QED) is 0.483. The monoisotopic (exact) mass is 281 g/mol. The van der Waals surface area contributed by atoms with Gasteiger partial charge in [-0.15, -0.1) is 0 Å². The van der Waals surface area contributed by atoms with E-state index in [0.29, 0.717) is 5.69 Å². The number of hydrogen-bond donors (Lipinski definition) is 1. The van der Waals surface area contributed by atoms with Crippen LogP contribution in [0.4, 0.5) is 5.69 Å². The third-order valence-electron chi connectivity index (χ3n) is 1.29. The third kappa shape index (κ3) is 2.25. The Kier molecular flexibility index (Phi) is 3.03. The Hall–Kier alpha value is 0.0600. The standard InChI is InChI=1S/C7H8INOS/c1-11(10)7-4-5(8)2-3-6(7)9/h2-4H,9H2,1H3. The molecular weight excluding hydrogens is 273 g/mol. The highest BCUT2D eigenvalue weighted by Gasteiger charge is 2.08. The zero-order valence-electron chi connectivity index (χ0n) is 6.00. The minimum Gasteiger partial charge on any atom is -0.612 e. The Balaban J connectivity index is 3.13. The van der Waals surface area contributed by atoms with Crippen molar-refractivity contribution >= 4 is 39.5 Å². The van der Waals surface area contributed by atoms with Crippen molar-refractivity contribution in [2.45, 2.75) is 4.90 Å². The molecule has 0 spiro atoms. The van der Waals surface area contributed by atoms with E-state index in [4.69, 9.17) is 5.73 Å². The molecule has 11 heavy (non-hydrogen) atoms. The molecule has 0 saturated carbocycles. The van der Waals surface area contributed by atoms with Gasteiger partial charge in [-0.25, -0.2) is 0 Å². The van der Waals surface area contributed by atoms with Crippen LogP contribution < -0.4 is 5.73 Å². The highest BCUT2D eigenvalue weighted by Crippen LogP contribution is 2.20. The maximum atomic E-state index is 11.0. The molecule has 0 aromatic heterocycles. The van der Waals surface area contributed by atoms with Gasteiger partial charge >= 0.3 is 0 Å². The first-order valence-electron chi connectivity index (χ1n) is 2.99. The Labute approximate surface area is 82.5 Å². The fourth-order valence-electron chi connectivity index (χ4n) is 0.757. The predicted octanol–water partition coefficient (Wildman–Crippen LogP) is 1.61. The lowest BCUT2D eigenvalue weighted by Gasteiger charge is -2.06. The molecule has 0 amide bonds. The molecule has 0 aliphatic heterocycles. The average molecular weight is 281 g/mol. The maximum Gasteiger partial charge on any atom is 0.176 e. The van der Waals surface area contributed by atoms with Crippen LogP contribution in [0.25, 0.3) is 0 Å². The molecule has 1 aromatic carbocycles. The lowest BCUT2D eigenvalue weighted by molar-refractivity contribution is 0.601. The summed E-state index contributed by atoms with van der Waals surface area (Å²) in [5, 5.41) is 0. The largest absolute Gasteiger partial charge is 0.612 e. The van der Waals surface area contributed by atoms with Gasteiger partial charge in [-0.05, 0) is 45.9 Å². The summed E-state index contributed by atoms with van der Waals surface area (Å²) in [6, 6.07) is 5.51. The first-order chi connectivity index (χ1) is 5.11. The number of nitrogens with two attached hydrogens (primary N) is 1. The van der Waals surface area contributed by atoms with Crippen LogP contribution in [0, 0.1) is 3.57 Å². The second-order valence-corrected chi connectivity index (χ2v) is 4.73. The van der Waals surface area contributed by atoms with Gasteiger partial charge in [0.2, 0.25) is 0 Å². The fourth-order valence-corrected chi connectivity index (χ4v) is 2.15. The molecule has 0 saturated heterocycles. The Morgan fingerprint density at radius 2 is 2.18 bits per heavy atom. The molecule has 1 rings (SSSR count). The molecule has 0 bridgehead atoms. The highest BCUT2D eigenvalue weighted by molar-refractivity contribution is 14.1. The molecule has 2 nitrogen and oxygen atoms in total. The molecule has 1 aromatic rings.